The van der Waals surface area contributed by atoms with Crippen LogP contribution >= 0.6 is 0 Å². The first-order chi connectivity index (χ1) is 20.8. The molecule has 0 saturated heterocycles. The van der Waals surface area contributed by atoms with Gasteiger partial charge in [0.05, 0.1) is 39.6 Å². The predicted molar refractivity (Wildman–Crippen MR) is 157 cm³/mol. The molecule has 0 aliphatic carbocycles. The van der Waals surface area contributed by atoms with Crippen molar-refractivity contribution in [3.05, 3.63) is 0 Å². The fraction of sp³-hybridized carbons (Fsp3) is 0.828. The molecular weight excluding hydrogens is 566 g/mol. The molecule has 14 heteroatoms. The van der Waals surface area contributed by atoms with Gasteiger partial charge in [0.25, 0.3) is 0 Å². The topological polar surface area (TPSA) is 210 Å². The van der Waals surface area contributed by atoms with Crippen LogP contribution in [0.1, 0.15) is 89.9 Å². The van der Waals surface area contributed by atoms with Crippen molar-refractivity contribution in [3.63, 3.8) is 0 Å². The Hall–Kier alpha value is -2.65. The average Bonchev–Trinajstić information content (AvgIpc) is 2.97. The molecule has 0 radical (unpaired) electrons. The fourth-order valence-electron chi connectivity index (χ4n) is 4.05. The Kier molecular flexibility index (Phi) is 27.6. The van der Waals surface area contributed by atoms with E-state index in [0.717, 1.165) is 57.8 Å². The summed E-state index contributed by atoms with van der Waals surface area (Å²) in [6.07, 6.45) is 9.91. The van der Waals surface area contributed by atoms with E-state index in [1.807, 2.05) is 0 Å². The van der Waals surface area contributed by atoms with Crippen molar-refractivity contribution in [1.82, 2.24) is 16.0 Å². The van der Waals surface area contributed by atoms with Crippen LogP contribution in [0, 0.1) is 0 Å². The van der Waals surface area contributed by atoms with Crippen LogP contribution in [0.4, 0.5) is 0 Å². The summed E-state index contributed by atoms with van der Waals surface area (Å²) in [6.45, 7) is 1.63. The number of ether oxygens (including phenoxy) is 3. The number of rotatable bonds is 32. The van der Waals surface area contributed by atoms with E-state index in [9.17, 15) is 29.1 Å². The molecule has 0 aliphatic rings. The van der Waals surface area contributed by atoms with Gasteiger partial charge >= 0.3 is 11.9 Å². The average molecular weight is 620 g/mol. The summed E-state index contributed by atoms with van der Waals surface area (Å²) in [7, 11) is 0. The van der Waals surface area contributed by atoms with E-state index in [-0.39, 0.29) is 77.1 Å². The van der Waals surface area contributed by atoms with Gasteiger partial charge in [0, 0.05) is 32.4 Å². The maximum atomic E-state index is 12.2. The van der Waals surface area contributed by atoms with E-state index in [1.54, 1.807) is 0 Å². The molecule has 2 atom stereocenters. The van der Waals surface area contributed by atoms with Crippen LogP contribution in [0.15, 0.2) is 0 Å². The third kappa shape index (κ3) is 27.9. The first-order valence-electron chi connectivity index (χ1n) is 15.4. The zero-order valence-corrected chi connectivity index (χ0v) is 25.4. The molecule has 250 valence electrons. The summed E-state index contributed by atoms with van der Waals surface area (Å²) in [5, 5.41) is 34.6. The monoisotopic (exact) mass is 619 g/mol. The number of hydrogen-bond acceptors (Lipinski definition) is 10. The number of carbonyl (C=O) groups excluding carboxylic acids is 3. The Morgan fingerprint density at radius 2 is 1.26 bits per heavy atom. The number of carbonyl (C=O) groups is 5. The van der Waals surface area contributed by atoms with Crippen molar-refractivity contribution in [3.8, 4) is 0 Å². The Bertz CT molecular complexity index is 755. The van der Waals surface area contributed by atoms with Crippen molar-refractivity contribution in [2.24, 2.45) is 0 Å². The van der Waals surface area contributed by atoms with Crippen LogP contribution in [0.5, 0.6) is 0 Å². The minimum absolute atomic E-state index is 0.0248. The lowest BCUT2D eigenvalue weighted by atomic mass is 10.0. The Morgan fingerprint density at radius 3 is 1.84 bits per heavy atom. The summed E-state index contributed by atoms with van der Waals surface area (Å²) in [5.41, 5.74) is 0. The highest BCUT2D eigenvalue weighted by Crippen LogP contribution is 2.12. The van der Waals surface area contributed by atoms with Gasteiger partial charge in [0.1, 0.15) is 6.04 Å². The van der Waals surface area contributed by atoms with E-state index in [0.29, 0.717) is 25.9 Å². The Morgan fingerprint density at radius 1 is 0.674 bits per heavy atom. The number of aliphatic carboxylic acids is 2. The largest absolute Gasteiger partial charge is 0.481 e. The molecule has 0 aromatic carbocycles. The molecule has 1 unspecified atom stereocenters. The SMILES string of the molecule is O=CC(NCCOCCO)OCCOCCNC(=O)CC[C@H](NC(=O)CCCCCCCCCCCCC(=O)O)C(=O)O. The molecule has 0 fully saturated rings. The Labute approximate surface area is 254 Å². The van der Waals surface area contributed by atoms with E-state index < -0.39 is 24.2 Å². The summed E-state index contributed by atoms with van der Waals surface area (Å²) in [4.78, 5) is 57.2. The minimum Gasteiger partial charge on any atom is -0.481 e. The van der Waals surface area contributed by atoms with Gasteiger partial charge in [-0.15, -0.1) is 0 Å². The third-order valence-electron chi connectivity index (χ3n) is 6.38. The number of aldehydes is 1. The molecule has 0 rings (SSSR count). The van der Waals surface area contributed by atoms with Crippen LogP contribution < -0.4 is 16.0 Å². The van der Waals surface area contributed by atoms with Gasteiger partial charge in [-0.1, -0.05) is 51.4 Å². The number of nitrogens with one attached hydrogen (secondary N) is 3. The van der Waals surface area contributed by atoms with Crippen molar-refractivity contribution >= 4 is 30.0 Å². The molecule has 6 N–H and O–H groups in total. The van der Waals surface area contributed by atoms with Crippen molar-refractivity contribution in [1.29, 1.82) is 0 Å². The second-order valence-electron chi connectivity index (χ2n) is 10.1. The molecule has 0 bridgehead atoms. The summed E-state index contributed by atoms with van der Waals surface area (Å²) in [5.74, 6) is -2.62. The van der Waals surface area contributed by atoms with Crippen LogP contribution in [0.25, 0.3) is 0 Å². The number of amides is 2. The predicted octanol–water partition coefficient (Wildman–Crippen LogP) is 1.37. The molecular formula is C29H53N3O11. The summed E-state index contributed by atoms with van der Waals surface area (Å²) >= 11 is 0. The molecule has 0 saturated carbocycles. The van der Waals surface area contributed by atoms with Gasteiger partial charge in [-0.2, -0.15) is 0 Å². The highest BCUT2D eigenvalue weighted by Gasteiger charge is 2.20. The van der Waals surface area contributed by atoms with Crippen molar-refractivity contribution in [2.45, 2.75) is 102 Å². The maximum absolute atomic E-state index is 12.2. The molecule has 0 spiro atoms. The quantitative estimate of drug-likeness (QED) is 0.0358. The lowest BCUT2D eigenvalue weighted by Gasteiger charge is -2.15. The first kappa shape index (κ1) is 40.4. The van der Waals surface area contributed by atoms with Gasteiger partial charge in [-0.05, 0) is 19.3 Å². The summed E-state index contributed by atoms with van der Waals surface area (Å²) < 4.78 is 15.7. The van der Waals surface area contributed by atoms with Crippen molar-refractivity contribution in [2.75, 3.05) is 52.7 Å². The van der Waals surface area contributed by atoms with E-state index in [4.69, 9.17) is 24.4 Å². The highest BCUT2D eigenvalue weighted by molar-refractivity contribution is 5.84. The fourth-order valence-corrected chi connectivity index (χ4v) is 4.05. The third-order valence-corrected chi connectivity index (χ3v) is 6.38. The molecule has 0 heterocycles. The number of aliphatic hydroxyl groups excluding tert-OH is 1. The highest BCUT2D eigenvalue weighted by atomic mass is 16.5. The second kappa shape index (κ2) is 29.4. The Balaban J connectivity index is 3.80. The second-order valence-corrected chi connectivity index (χ2v) is 10.1. The number of aliphatic hydroxyl groups is 1. The van der Waals surface area contributed by atoms with Crippen LogP contribution in [-0.2, 0) is 38.2 Å². The smallest absolute Gasteiger partial charge is 0.326 e. The maximum Gasteiger partial charge on any atom is 0.326 e. The zero-order chi connectivity index (χ0) is 32.0. The minimum atomic E-state index is -1.19. The number of unbranched alkanes of at least 4 members (excludes halogenated alkanes) is 9. The van der Waals surface area contributed by atoms with Crippen LogP contribution in [0.2, 0.25) is 0 Å². The normalized spacial score (nSPS) is 12.4. The van der Waals surface area contributed by atoms with E-state index in [1.165, 1.54) is 0 Å². The number of hydrogen-bond donors (Lipinski definition) is 6. The standard InChI is InChI=1S/C29H53N3O11/c33-17-20-41-19-16-31-27(23-34)43-22-21-42-18-15-30-25(35)14-13-24(29(39)40)32-26(36)11-9-7-5-3-1-2-4-6-8-10-12-28(37)38/h23-24,27,31,33H,1-22H2,(H,30,35)(H,32,36)(H,37,38)(H,39,40)/t24-,27?/m0/s1. The summed E-state index contributed by atoms with van der Waals surface area (Å²) in [6, 6.07) is -1.14. The molecule has 0 aromatic heterocycles. The van der Waals surface area contributed by atoms with E-state index in [2.05, 4.69) is 16.0 Å². The van der Waals surface area contributed by atoms with Gasteiger partial charge in [-0.25, -0.2) is 4.79 Å². The molecule has 14 nitrogen and oxygen atoms in total. The molecule has 43 heavy (non-hydrogen) atoms. The molecule has 0 aromatic rings. The zero-order valence-electron chi connectivity index (χ0n) is 25.4. The lowest BCUT2D eigenvalue weighted by molar-refractivity contribution is -0.142. The molecule has 2 amide bonds. The van der Waals surface area contributed by atoms with Gasteiger partial charge in [0.2, 0.25) is 11.8 Å². The van der Waals surface area contributed by atoms with Crippen molar-refractivity contribution < 1.29 is 53.5 Å². The first-order valence-corrected chi connectivity index (χ1v) is 15.4. The van der Waals surface area contributed by atoms with Gasteiger partial charge in [0.15, 0.2) is 12.5 Å². The van der Waals surface area contributed by atoms with E-state index >= 15 is 0 Å². The van der Waals surface area contributed by atoms with Gasteiger partial charge in [-0.3, -0.25) is 24.5 Å². The lowest BCUT2D eigenvalue weighted by Crippen LogP contribution is -2.41. The van der Waals surface area contributed by atoms with Crippen LogP contribution in [0.3, 0.4) is 0 Å². The van der Waals surface area contributed by atoms with Gasteiger partial charge < -0.3 is 40.2 Å². The number of carboxylic acid groups (broad SMARTS) is 2. The number of carboxylic acids is 2. The van der Waals surface area contributed by atoms with Crippen LogP contribution in [-0.4, -0.2) is 110 Å². The molecule has 0 aliphatic heterocycles.